The third-order valence-electron chi connectivity index (χ3n) is 1.25. The van der Waals surface area contributed by atoms with E-state index in [0.717, 1.165) is 0 Å². The lowest BCUT2D eigenvalue weighted by molar-refractivity contribution is -0.212. The zero-order valence-electron chi connectivity index (χ0n) is 7.00. The highest BCUT2D eigenvalue weighted by molar-refractivity contribution is 5.18. The topological polar surface area (TPSA) is 20.2 Å². The Morgan fingerprint density at radius 3 is 1.44 bits per heavy atom. The summed E-state index contributed by atoms with van der Waals surface area (Å²) in [5.41, 5.74) is -3.10. The Morgan fingerprint density at radius 2 is 1.25 bits per heavy atom. The molecule has 96 valence electrons. The zero-order chi connectivity index (χ0) is 13.4. The molecule has 0 aliphatic rings. The van der Waals surface area contributed by atoms with Gasteiger partial charge in [-0.25, -0.2) is 0 Å². The van der Waals surface area contributed by atoms with E-state index < -0.39 is 36.3 Å². The van der Waals surface area contributed by atoms with Gasteiger partial charge in [0.1, 0.15) is 0 Å². The molecule has 0 amide bonds. The fraction of sp³-hybridized carbons (Fsp3) is 0.667. The van der Waals surface area contributed by atoms with Crippen LogP contribution in [0.1, 0.15) is 0 Å². The average molecular weight is 262 g/mol. The van der Waals surface area contributed by atoms with Crippen molar-refractivity contribution in [2.75, 3.05) is 0 Å². The highest BCUT2D eigenvalue weighted by Crippen LogP contribution is 2.37. The monoisotopic (exact) mass is 262 g/mol. The highest BCUT2D eigenvalue weighted by Gasteiger charge is 2.52. The molecule has 0 radical (unpaired) electrons. The van der Waals surface area contributed by atoms with E-state index in [1.165, 1.54) is 0 Å². The van der Waals surface area contributed by atoms with Gasteiger partial charge >= 0.3 is 18.5 Å². The molecule has 1 unspecified atom stereocenters. The Bertz CT molecular complexity index is 267. The molecule has 0 rings (SSSR count). The van der Waals surface area contributed by atoms with Crippen molar-refractivity contribution >= 4 is 0 Å². The summed E-state index contributed by atoms with van der Waals surface area (Å²) in [5.74, 6) is 0. The number of aliphatic hydroxyl groups excluding tert-OH is 1. The molecular formula is C6H3F9O. The molecule has 0 aliphatic carbocycles. The van der Waals surface area contributed by atoms with E-state index in [0.29, 0.717) is 0 Å². The third-order valence-corrected chi connectivity index (χ3v) is 1.25. The van der Waals surface area contributed by atoms with Gasteiger partial charge in [-0.1, -0.05) is 0 Å². The Labute approximate surface area is 82.2 Å². The maximum absolute atomic E-state index is 11.8. The quantitative estimate of drug-likeness (QED) is 0.569. The van der Waals surface area contributed by atoms with Crippen LogP contribution in [0.25, 0.3) is 0 Å². The standard InChI is InChI=1S/C6H3F9O/c7-4(8,9)1-2(5(10,11)12)3(16)6(13,14)15/h1,3,16H/b2-1+. The fourth-order valence-electron chi connectivity index (χ4n) is 0.668. The van der Waals surface area contributed by atoms with Crippen LogP contribution in [-0.2, 0) is 0 Å². The van der Waals surface area contributed by atoms with Gasteiger partial charge in [0.2, 0.25) is 0 Å². The first kappa shape index (κ1) is 15.1. The van der Waals surface area contributed by atoms with Crippen molar-refractivity contribution in [3.63, 3.8) is 0 Å². The van der Waals surface area contributed by atoms with Gasteiger partial charge in [0.05, 0.1) is 5.57 Å². The van der Waals surface area contributed by atoms with Crippen LogP contribution in [0.4, 0.5) is 39.5 Å². The van der Waals surface area contributed by atoms with Crippen molar-refractivity contribution in [2.24, 2.45) is 0 Å². The normalized spacial score (nSPS) is 17.5. The summed E-state index contributed by atoms with van der Waals surface area (Å²) in [7, 11) is 0. The number of hydrogen-bond donors (Lipinski definition) is 1. The van der Waals surface area contributed by atoms with Gasteiger partial charge in [-0.3, -0.25) is 0 Å². The van der Waals surface area contributed by atoms with Crippen molar-refractivity contribution in [1.82, 2.24) is 0 Å². The molecule has 0 bridgehead atoms. The van der Waals surface area contributed by atoms with Crippen molar-refractivity contribution in [2.45, 2.75) is 24.6 Å². The SMILES string of the molecule is OC(/C(=C\C(F)(F)F)C(F)(F)F)C(F)(F)F. The van der Waals surface area contributed by atoms with Crippen LogP contribution >= 0.6 is 0 Å². The lowest BCUT2D eigenvalue weighted by Crippen LogP contribution is -2.37. The minimum atomic E-state index is -5.93. The Morgan fingerprint density at radius 1 is 0.875 bits per heavy atom. The molecule has 0 aromatic rings. The molecule has 0 spiro atoms. The molecule has 1 atom stereocenters. The Kier molecular flexibility index (Phi) is 3.91. The first-order chi connectivity index (χ1) is 6.75. The van der Waals surface area contributed by atoms with Crippen LogP contribution < -0.4 is 0 Å². The summed E-state index contributed by atoms with van der Waals surface area (Å²) in [6.07, 6.45) is -23.2. The van der Waals surface area contributed by atoms with E-state index in [4.69, 9.17) is 5.11 Å². The smallest absolute Gasteiger partial charge is 0.379 e. The molecule has 1 N–H and O–H groups in total. The largest absolute Gasteiger partial charge is 0.418 e. The van der Waals surface area contributed by atoms with Gasteiger partial charge in [0.25, 0.3) is 0 Å². The Balaban J connectivity index is 5.39. The average Bonchev–Trinajstić information content (AvgIpc) is 1.93. The molecule has 1 nitrogen and oxygen atoms in total. The lowest BCUT2D eigenvalue weighted by atomic mass is 10.1. The summed E-state index contributed by atoms with van der Waals surface area (Å²) in [6.45, 7) is 0. The second-order valence-electron chi connectivity index (χ2n) is 2.58. The van der Waals surface area contributed by atoms with E-state index in [-0.39, 0.29) is 0 Å². The van der Waals surface area contributed by atoms with Gasteiger partial charge < -0.3 is 5.11 Å². The van der Waals surface area contributed by atoms with Crippen LogP contribution in [0.3, 0.4) is 0 Å². The van der Waals surface area contributed by atoms with Gasteiger partial charge in [-0.15, -0.1) is 0 Å². The van der Waals surface area contributed by atoms with E-state index in [2.05, 4.69) is 0 Å². The molecule has 0 aliphatic heterocycles. The van der Waals surface area contributed by atoms with E-state index in [1.54, 1.807) is 0 Å². The summed E-state index contributed by atoms with van der Waals surface area (Å²) >= 11 is 0. The predicted molar refractivity (Wildman–Crippen MR) is 32.3 cm³/mol. The second-order valence-corrected chi connectivity index (χ2v) is 2.58. The minimum absolute atomic E-state index is 1.62. The molecule has 0 fully saturated rings. The predicted octanol–water partition coefficient (Wildman–Crippen LogP) is 2.96. The number of allylic oxidation sites excluding steroid dienone is 1. The molecule has 0 aromatic heterocycles. The van der Waals surface area contributed by atoms with Crippen LogP contribution in [0.15, 0.2) is 11.6 Å². The van der Waals surface area contributed by atoms with E-state index in [9.17, 15) is 39.5 Å². The van der Waals surface area contributed by atoms with Gasteiger partial charge in [-0.05, 0) is 0 Å². The molecular weight excluding hydrogens is 259 g/mol. The number of aliphatic hydroxyl groups is 1. The first-order valence-corrected chi connectivity index (χ1v) is 3.36. The number of hydrogen-bond acceptors (Lipinski definition) is 1. The maximum atomic E-state index is 11.8. The second kappa shape index (κ2) is 4.15. The van der Waals surface area contributed by atoms with Crippen LogP contribution in [0.2, 0.25) is 0 Å². The zero-order valence-corrected chi connectivity index (χ0v) is 7.00. The molecule has 10 heteroatoms. The van der Waals surface area contributed by atoms with Crippen molar-refractivity contribution in [3.8, 4) is 0 Å². The fourth-order valence-corrected chi connectivity index (χ4v) is 0.668. The Hall–Kier alpha value is -0.930. The van der Waals surface area contributed by atoms with Gasteiger partial charge in [0, 0.05) is 6.08 Å². The minimum Gasteiger partial charge on any atom is -0.379 e. The first-order valence-electron chi connectivity index (χ1n) is 3.36. The third kappa shape index (κ3) is 4.73. The maximum Gasteiger partial charge on any atom is 0.418 e. The van der Waals surface area contributed by atoms with Gasteiger partial charge in [-0.2, -0.15) is 39.5 Å². The van der Waals surface area contributed by atoms with Crippen molar-refractivity contribution in [1.29, 1.82) is 0 Å². The molecule has 0 saturated heterocycles. The molecule has 0 heterocycles. The molecule has 16 heavy (non-hydrogen) atoms. The van der Waals surface area contributed by atoms with Crippen molar-refractivity contribution in [3.05, 3.63) is 11.6 Å². The van der Waals surface area contributed by atoms with E-state index in [1.807, 2.05) is 0 Å². The van der Waals surface area contributed by atoms with Gasteiger partial charge in [0.15, 0.2) is 6.10 Å². The summed E-state index contributed by atoms with van der Waals surface area (Å²) in [4.78, 5) is 0. The highest BCUT2D eigenvalue weighted by atomic mass is 19.4. The number of rotatable bonds is 1. The summed E-state index contributed by atoms with van der Waals surface area (Å²) < 4.78 is 105. The van der Waals surface area contributed by atoms with Crippen LogP contribution in [0.5, 0.6) is 0 Å². The van der Waals surface area contributed by atoms with Crippen molar-refractivity contribution < 1.29 is 44.6 Å². The number of alkyl halides is 9. The lowest BCUT2D eigenvalue weighted by Gasteiger charge is -2.20. The molecule has 0 aromatic carbocycles. The number of halogens is 9. The van der Waals surface area contributed by atoms with Crippen LogP contribution in [-0.4, -0.2) is 29.7 Å². The van der Waals surface area contributed by atoms with E-state index >= 15 is 0 Å². The van der Waals surface area contributed by atoms with Crippen LogP contribution in [0, 0.1) is 0 Å². The summed E-state index contributed by atoms with van der Waals surface area (Å²) in [5, 5.41) is 8.13. The summed E-state index contributed by atoms with van der Waals surface area (Å²) in [6, 6.07) is 0. The molecule has 0 saturated carbocycles.